The van der Waals surface area contributed by atoms with Crippen molar-refractivity contribution in [2.45, 2.75) is 0 Å². The Morgan fingerprint density at radius 1 is 0.667 bits per heavy atom. The van der Waals surface area contributed by atoms with Gasteiger partial charge in [0.05, 0.1) is 0 Å². The zero-order valence-corrected chi connectivity index (χ0v) is 17.8. The molecule has 0 saturated carbocycles. The molecule has 0 radical (unpaired) electrons. The summed E-state index contributed by atoms with van der Waals surface area (Å²) in [4.78, 5) is 41.1. The predicted molar refractivity (Wildman–Crippen MR) is 124 cm³/mol. The Hall–Kier alpha value is -4.20. The molecular weight excluding hydrogens is 423 g/mol. The molecule has 0 aliphatic carbocycles. The number of carbonyl (C=O) groups is 3. The van der Waals surface area contributed by atoms with Gasteiger partial charge >= 0.3 is 6.03 Å². The van der Waals surface area contributed by atoms with Crippen molar-refractivity contribution in [2.75, 3.05) is 36.8 Å². The van der Waals surface area contributed by atoms with E-state index in [1.54, 1.807) is 58.3 Å². The van der Waals surface area contributed by atoms with Crippen LogP contribution in [-0.2, 0) is 0 Å². The second-order valence-electron chi connectivity index (χ2n) is 7.62. The monoisotopic (exact) mass is 446 g/mol. The van der Waals surface area contributed by atoms with Crippen molar-refractivity contribution in [3.8, 4) is 0 Å². The summed E-state index contributed by atoms with van der Waals surface area (Å²) in [6.45, 7) is 1.53. The van der Waals surface area contributed by atoms with Gasteiger partial charge in [-0.15, -0.1) is 0 Å². The molecule has 3 aromatic carbocycles. The van der Waals surface area contributed by atoms with Gasteiger partial charge in [0, 0.05) is 48.7 Å². The van der Waals surface area contributed by atoms with Crippen LogP contribution in [0, 0.1) is 5.82 Å². The average Bonchev–Trinajstić information content (AvgIpc) is 2.86. The van der Waals surface area contributed by atoms with Crippen molar-refractivity contribution in [2.24, 2.45) is 0 Å². The summed E-state index contributed by atoms with van der Waals surface area (Å²) in [7, 11) is 0. The summed E-state index contributed by atoms with van der Waals surface area (Å²) in [5.74, 6) is -0.783. The van der Waals surface area contributed by atoms with Crippen LogP contribution in [0.25, 0.3) is 0 Å². The number of rotatable bonds is 4. The number of anilines is 2. The molecule has 168 valence electrons. The lowest BCUT2D eigenvalue weighted by Gasteiger charge is -2.34. The minimum absolute atomic E-state index is 0.163. The molecule has 8 heteroatoms. The molecule has 2 N–H and O–H groups in total. The topological polar surface area (TPSA) is 81.8 Å². The van der Waals surface area contributed by atoms with Gasteiger partial charge in [-0.25, -0.2) is 9.18 Å². The molecule has 1 heterocycles. The van der Waals surface area contributed by atoms with Crippen LogP contribution in [0.5, 0.6) is 0 Å². The van der Waals surface area contributed by atoms with Crippen molar-refractivity contribution in [3.63, 3.8) is 0 Å². The highest BCUT2D eigenvalue weighted by molar-refractivity contribution is 6.05. The second kappa shape index (κ2) is 9.95. The number of benzene rings is 3. The van der Waals surface area contributed by atoms with Crippen LogP contribution in [0.1, 0.15) is 20.7 Å². The maximum atomic E-state index is 13.0. The van der Waals surface area contributed by atoms with Crippen LogP contribution in [0.2, 0.25) is 0 Å². The van der Waals surface area contributed by atoms with Crippen LogP contribution < -0.4 is 10.6 Å². The summed E-state index contributed by atoms with van der Waals surface area (Å²) in [5, 5.41) is 5.54. The zero-order chi connectivity index (χ0) is 23.2. The first kappa shape index (κ1) is 22.0. The van der Waals surface area contributed by atoms with Crippen LogP contribution in [0.15, 0.2) is 78.9 Å². The standard InChI is InChI=1S/C25H23FN4O3/c26-20-9-11-21(12-10-20)28-25(33)30-15-13-29(14-16-30)24(32)19-7-4-8-22(17-19)27-23(31)18-5-2-1-3-6-18/h1-12,17H,13-16H2,(H,27,31)(H,28,33). The Labute approximate surface area is 190 Å². The third-order valence-corrected chi connectivity index (χ3v) is 5.35. The maximum absolute atomic E-state index is 13.0. The van der Waals surface area contributed by atoms with Crippen molar-refractivity contribution in [1.82, 2.24) is 9.80 Å². The Balaban J connectivity index is 1.33. The minimum atomic E-state index is -0.371. The lowest BCUT2D eigenvalue weighted by Crippen LogP contribution is -2.51. The molecule has 0 unspecified atom stereocenters. The molecule has 33 heavy (non-hydrogen) atoms. The number of nitrogens with one attached hydrogen (secondary N) is 2. The van der Waals surface area contributed by atoms with Crippen LogP contribution in [0.4, 0.5) is 20.6 Å². The van der Waals surface area contributed by atoms with Gasteiger partial charge in [-0.1, -0.05) is 24.3 Å². The molecule has 0 bridgehead atoms. The highest BCUT2D eigenvalue weighted by Gasteiger charge is 2.25. The highest BCUT2D eigenvalue weighted by atomic mass is 19.1. The molecular formula is C25H23FN4O3. The van der Waals surface area contributed by atoms with Gasteiger partial charge in [-0.2, -0.15) is 0 Å². The molecule has 0 aromatic heterocycles. The molecule has 7 nitrogen and oxygen atoms in total. The van der Waals surface area contributed by atoms with Crippen molar-refractivity contribution >= 4 is 29.2 Å². The number of nitrogens with zero attached hydrogens (tertiary/aromatic N) is 2. The van der Waals surface area contributed by atoms with Crippen molar-refractivity contribution in [1.29, 1.82) is 0 Å². The van der Waals surface area contributed by atoms with Crippen molar-refractivity contribution < 1.29 is 18.8 Å². The average molecular weight is 446 g/mol. The molecule has 0 atom stereocenters. The summed E-state index contributed by atoms with van der Waals surface area (Å²) in [5.41, 5.74) is 2.04. The van der Waals surface area contributed by atoms with E-state index >= 15 is 0 Å². The number of carbonyl (C=O) groups excluding carboxylic acids is 3. The van der Waals surface area contributed by atoms with E-state index in [0.717, 1.165) is 0 Å². The second-order valence-corrected chi connectivity index (χ2v) is 7.62. The van der Waals surface area contributed by atoms with Gasteiger partial charge < -0.3 is 20.4 Å². The third-order valence-electron chi connectivity index (χ3n) is 5.35. The summed E-state index contributed by atoms with van der Waals surface area (Å²) < 4.78 is 13.0. The van der Waals surface area contributed by atoms with E-state index in [1.807, 2.05) is 6.07 Å². The van der Waals surface area contributed by atoms with Gasteiger partial charge in [0.1, 0.15) is 5.82 Å². The van der Waals surface area contributed by atoms with E-state index < -0.39 is 0 Å². The Bertz CT molecular complexity index is 1140. The molecule has 0 spiro atoms. The lowest BCUT2D eigenvalue weighted by atomic mass is 10.1. The van der Waals surface area contributed by atoms with E-state index in [0.29, 0.717) is 48.7 Å². The molecule has 1 fully saturated rings. The number of piperazine rings is 1. The summed E-state index contributed by atoms with van der Waals surface area (Å²) >= 11 is 0. The Kier molecular flexibility index (Phi) is 6.64. The van der Waals surface area contributed by atoms with Gasteiger partial charge in [0.25, 0.3) is 11.8 Å². The fourth-order valence-corrected chi connectivity index (χ4v) is 3.55. The van der Waals surface area contributed by atoms with Gasteiger partial charge in [-0.3, -0.25) is 9.59 Å². The normalized spacial score (nSPS) is 13.4. The molecule has 1 aliphatic heterocycles. The molecule has 1 saturated heterocycles. The van der Waals surface area contributed by atoms with Gasteiger partial charge in [0.15, 0.2) is 0 Å². The minimum Gasteiger partial charge on any atom is -0.335 e. The Morgan fingerprint density at radius 2 is 1.30 bits per heavy atom. The van der Waals surface area contributed by atoms with Crippen molar-refractivity contribution in [3.05, 3.63) is 95.8 Å². The fourth-order valence-electron chi connectivity index (χ4n) is 3.55. The number of urea groups is 1. The number of hydrogen-bond acceptors (Lipinski definition) is 3. The first-order valence-electron chi connectivity index (χ1n) is 10.6. The van der Waals surface area contributed by atoms with Crippen LogP contribution in [0.3, 0.4) is 0 Å². The highest BCUT2D eigenvalue weighted by Crippen LogP contribution is 2.16. The van der Waals surface area contributed by atoms with E-state index in [2.05, 4.69) is 10.6 Å². The molecule has 3 aromatic rings. The van der Waals surface area contributed by atoms with E-state index in [1.165, 1.54) is 24.3 Å². The van der Waals surface area contributed by atoms with E-state index in [4.69, 9.17) is 0 Å². The number of amides is 4. The smallest absolute Gasteiger partial charge is 0.321 e. The lowest BCUT2D eigenvalue weighted by molar-refractivity contribution is 0.0671. The summed E-state index contributed by atoms with van der Waals surface area (Å²) in [6.07, 6.45) is 0. The van der Waals surface area contributed by atoms with Gasteiger partial charge in [-0.05, 0) is 54.6 Å². The largest absolute Gasteiger partial charge is 0.335 e. The van der Waals surface area contributed by atoms with E-state index in [9.17, 15) is 18.8 Å². The van der Waals surface area contributed by atoms with Crippen LogP contribution >= 0.6 is 0 Å². The fraction of sp³-hybridized carbons (Fsp3) is 0.160. The van der Waals surface area contributed by atoms with Crippen LogP contribution in [-0.4, -0.2) is 53.8 Å². The predicted octanol–water partition coefficient (Wildman–Crippen LogP) is 4.07. The Morgan fingerprint density at radius 3 is 2.00 bits per heavy atom. The first-order chi connectivity index (χ1) is 16.0. The molecule has 4 amide bonds. The number of hydrogen-bond donors (Lipinski definition) is 2. The third kappa shape index (κ3) is 5.54. The quantitative estimate of drug-likeness (QED) is 0.634. The van der Waals surface area contributed by atoms with E-state index in [-0.39, 0.29) is 23.7 Å². The SMILES string of the molecule is O=C(Nc1cccc(C(=O)N2CCN(C(=O)Nc3ccc(F)cc3)CC2)c1)c1ccccc1. The maximum Gasteiger partial charge on any atom is 0.321 e. The molecule has 4 rings (SSSR count). The zero-order valence-electron chi connectivity index (χ0n) is 17.8. The molecule has 1 aliphatic rings. The van der Waals surface area contributed by atoms with Gasteiger partial charge in [0.2, 0.25) is 0 Å². The first-order valence-corrected chi connectivity index (χ1v) is 10.6. The number of halogens is 1. The summed E-state index contributed by atoms with van der Waals surface area (Å²) in [6, 6.07) is 20.9.